The fourth-order valence-electron chi connectivity index (χ4n) is 0.898. The van der Waals surface area contributed by atoms with Gasteiger partial charge in [0.15, 0.2) is 2.74 Å². The van der Waals surface area contributed by atoms with E-state index in [9.17, 15) is 0 Å². The monoisotopic (exact) mass is 220 g/mol. The standard InChI is InChI=1S/C7H8S4/c1-5-3-8-7(10-5)9-4-6(2)11-7/h3-4H,1-2H3. The van der Waals surface area contributed by atoms with Crippen LogP contribution >= 0.6 is 47.0 Å². The summed E-state index contributed by atoms with van der Waals surface area (Å²) in [5, 5.41) is 4.52. The summed E-state index contributed by atoms with van der Waals surface area (Å²) in [6.45, 7) is 4.36. The van der Waals surface area contributed by atoms with E-state index in [2.05, 4.69) is 24.7 Å². The summed E-state index contributed by atoms with van der Waals surface area (Å²) >= 11 is 7.83. The van der Waals surface area contributed by atoms with E-state index in [1.807, 2.05) is 47.0 Å². The molecule has 11 heavy (non-hydrogen) atoms. The Labute approximate surface area is 84.0 Å². The summed E-state index contributed by atoms with van der Waals surface area (Å²) < 4.78 is 0.314. The Morgan fingerprint density at radius 2 is 1.45 bits per heavy atom. The van der Waals surface area contributed by atoms with Crippen LogP contribution in [0.5, 0.6) is 0 Å². The minimum Gasteiger partial charge on any atom is -0.0926 e. The first-order chi connectivity index (χ1) is 5.20. The molecule has 0 nitrogen and oxygen atoms in total. The quantitative estimate of drug-likeness (QED) is 0.597. The molecule has 0 aromatic rings. The third-order valence-corrected chi connectivity index (χ3v) is 7.74. The molecular weight excluding hydrogens is 212 g/mol. The highest BCUT2D eigenvalue weighted by Crippen LogP contribution is 2.67. The summed E-state index contributed by atoms with van der Waals surface area (Å²) in [6, 6.07) is 0. The Morgan fingerprint density at radius 3 is 1.73 bits per heavy atom. The normalized spacial score (nSPS) is 27.5. The van der Waals surface area contributed by atoms with Gasteiger partial charge in [-0.1, -0.05) is 47.0 Å². The molecule has 0 saturated heterocycles. The van der Waals surface area contributed by atoms with E-state index in [4.69, 9.17) is 0 Å². The topological polar surface area (TPSA) is 0 Å². The van der Waals surface area contributed by atoms with E-state index in [1.54, 1.807) is 0 Å². The van der Waals surface area contributed by atoms with E-state index in [-0.39, 0.29) is 0 Å². The van der Waals surface area contributed by atoms with Crippen molar-refractivity contribution in [3.63, 3.8) is 0 Å². The van der Waals surface area contributed by atoms with Gasteiger partial charge in [0.25, 0.3) is 0 Å². The molecule has 2 aliphatic rings. The maximum atomic E-state index is 2.26. The lowest BCUT2D eigenvalue weighted by atomic mass is 10.8. The minimum absolute atomic E-state index is 0.314. The Kier molecular flexibility index (Phi) is 2.30. The molecular formula is C7H8S4. The molecule has 0 amide bonds. The first-order valence-electron chi connectivity index (χ1n) is 3.27. The molecule has 0 radical (unpaired) electrons. The van der Waals surface area contributed by atoms with Crippen LogP contribution in [0.15, 0.2) is 20.6 Å². The van der Waals surface area contributed by atoms with Crippen molar-refractivity contribution < 1.29 is 0 Å². The van der Waals surface area contributed by atoms with Gasteiger partial charge in [-0.3, -0.25) is 0 Å². The van der Waals surface area contributed by atoms with Crippen molar-refractivity contribution in [2.45, 2.75) is 16.6 Å². The second kappa shape index (κ2) is 2.98. The number of allylic oxidation sites excluding steroid dienone is 2. The number of hydrogen-bond acceptors (Lipinski definition) is 4. The largest absolute Gasteiger partial charge is 0.169 e. The molecule has 0 fully saturated rings. The second-order valence-electron chi connectivity index (χ2n) is 2.40. The van der Waals surface area contributed by atoms with Crippen molar-refractivity contribution in [2.24, 2.45) is 0 Å². The highest BCUT2D eigenvalue weighted by molar-refractivity contribution is 8.52. The van der Waals surface area contributed by atoms with Crippen molar-refractivity contribution >= 4 is 47.0 Å². The lowest BCUT2D eigenvalue weighted by molar-refractivity contribution is 1.71. The Balaban J connectivity index is 2.08. The van der Waals surface area contributed by atoms with Gasteiger partial charge in [0.2, 0.25) is 0 Å². The van der Waals surface area contributed by atoms with Gasteiger partial charge < -0.3 is 0 Å². The molecule has 0 saturated carbocycles. The average Bonchev–Trinajstić information content (AvgIpc) is 2.44. The zero-order chi connectivity index (χ0) is 7.90. The van der Waals surface area contributed by atoms with Crippen molar-refractivity contribution in [2.75, 3.05) is 0 Å². The van der Waals surface area contributed by atoms with Gasteiger partial charge in [0, 0.05) is 0 Å². The molecule has 0 N–H and O–H groups in total. The highest BCUT2D eigenvalue weighted by Gasteiger charge is 2.40. The van der Waals surface area contributed by atoms with Crippen LogP contribution in [-0.4, -0.2) is 2.74 Å². The van der Waals surface area contributed by atoms with Gasteiger partial charge in [-0.05, 0) is 34.5 Å². The predicted octanol–water partition coefficient (Wildman–Crippen LogP) is 4.28. The molecule has 2 heterocycles. The molecule has 0 aliphatic carbocycles. The average molecular weight is 220 g/mol. The van der Waals surface area contributed by atoms with Gasteiger partial charge in [0.1, 0.15) is 0 Å². The van der Waals surface area contributed by atoms with Gasteiger partial charge >= 0.3 is 0 Å². The van der Waals surface area contributed by atoms with Gasteiger partial charge in [0.05, 0.1) is 0 Å². The molecule has 0 aromatic heterocycles. The molecule has 0 bridgehead atoms. The fourth-order valence-corrected chi connectivity index (χ4v) is 7.37. The number of hydrogen-bond donors (Lipinski definition) is 0. The van der Waals surface area contributed by atoms with Crippen molar-refractivity contribution in [3.05, 3.63) is 20.6 Å². The molecule has 1 spiro atoms. The van der Waals surface area contributed by atoms with Gasteiger partial charge in [-0.2, -0.15) is 0 Å². The third kappa shape index (κ3) is 1.64. The lowest BCUT2D eigenvalue weighted by Crippen LogP contribution is -1.99. The van der Waals surface area contributed by atoms with Crippen LogP contribution in [0.1, 0.15) is 13.8 Å². The maximum absolute atomic E-state index is 2.26. The minimum atomic E-state index is 0.314. The summed E-state index contributed by atoms with van der Waals surface area (Å²) in [4.78, 5) is 2.89. The Bertz CT molecular complexity index is 215. The van der Waals surface area contributed by atoms with Crippen LogP contribution in [0.4, 0.5) is 0 Å². The summed E-state index contributed by atoms with van der Waals surface area (Å²) in [7, 11) is 0. The first-order valence-corrected chi connectivity index (χ1v) is 6.67. The second-order valence-corrected chi connectivity index (χ2v) is 9.04. The van der Waals surface area contributed by atoms with Crippen molar-refractivity contribution in [1.82, 2.24) is 0 Å². The molecule has 0 aromatic carbocycles. The zero-order valence-electron chi connectivity index (χ0n) is 6.29. The van der Waals surface area contributed by atoms with Crippen LogP contribution in [0.2, 0.25) is 0 Å². The highest BCUT2D eigenvalue weighted by atomic mass is 32.3. The fraction of sp³-hybridized carbons (Fsp3) is 0.429. The molecule has 2 aliphatic heterocycles. The van der Waals surface area contributed by atoms with Crippen LogP contribution in [0, 0.1) is 0 Å². The third-order valence-electron chi connectivity index (χ3n) is 1.31. The van der Waals surface area contributed by atoms with E-state index < -0.39 is 0 Å². The SMILES string of the molecule is CC1=CSC2(SC=C(C)S2)S1. The van der Waals surface area contributed by atoms with Crippen molar-refractivity contribution in [1.29, 1.82) is 0 Å². The van der Waals surface area contributed by atoms with Gasteiger partial charge in [-0.15, -0.1) is 0 Å². The zero-order valence-corrected chi connectivity index (χ0v) is 9.55. The molecule has 60 valence electrons. The number of thioether (sulfide) groups is 4. The smallest absolute Gasteiger partial charge is 0.0926 e. The van der Waals surface area contributed by atoms with Crippen LogP contribution in [0.3, 0.4) is 0 Å². The van der Waals surface area contributed by atoms with E-state index >= 15 is 0 Å². The summed E-state index contributed by atoms with van der Waals surface area (Å²) in [5.41, 5.74) is 0. The molecule has 4 heteroatoms. The summed E-state index contributed by atoms with van der Waals surface area (Å²) in [6.07, 6.45) is 0. The van der Waals surface area contributed by atoms with E-state index in [1.165, 1.54) is 9.81 Å². The lowest BCUT2D eigenvalue weighted by Gasteiger charge is -2.18. The van der Waals surface area contributed by atoms with Crippen molar-refractivity contribution in [3.8, 4) is 0 Å². The van der Waals surface area contributed by atoms with Crippen LogP contribution < -0.4 is 0 Å². The van der Waals surface area contributed by atoms with Gasteiger partial charge in [-0.25, -0.2) is 0 Å². The maximum Gasteiger partial charge on any atom is 0.169 e. The Morgan fingerprint density at radius 1 is 1.00 bits per heavy atom. The van der Waals surface area contributed by atoms with E-state index in [0.29, 0.717) is 2.74 Å². The predicted molar refractivity (Wildman–Crippen MR) is 60.6 cm³/mol. The molecule has 0 atom stereocenters. The number of rotatable bonds is 0. The first kappa shape index (κ1) is 8.48. The summed E-state index contributed by atoms with van der Waals surface area (Å²) in [5.74, 6) is 0. The van der Waals surface area contributed by atoms with E-state index in [0.717, 1.165) is 0 Å². The molecule has 0 unspecified atom stereocenters. The molecule has 2 rings (SSSR count). The Hall–Kier alpha value is 0.880. The van der Waals surface area contributed by atoms with Crippen LogP contribution in [-0.2, 0) is 0 Å². The van der Waals surface area contributed by atoms with Crippen LogP contribution in [0.25, 0.3) is 0 Å².